The molecule has 1 N–H and O–H groups in total. The largest absolute Gasteiger partial charge is 0.481 e. The lowest BCUT2D eigenvalue weighted by atomic mass is 9.98. The van der Waals surface area contributed by atoms with E-state index in [1.807, 2.05) is 19.9 Å². The van der Waals surface area contributed by atoms with Gasteiger partial charge in [-0.15, -0.1) is 0 Å². The minimum atomic E-state index is -0.800. The molecule has 0 saturated carbocycles. The number of aliphatic carboxylic acids is 1. The number of aromatic nitrogens is 1. The summed E-state index contributed by atoms with van der Waals surface area (Å²) in [5.74, 6) is -1.28. The first-order valence-corrected chi connectivity index (χ1v) is 5.70. The fourth-order valence-electron chi connectivity index (χ4n) is 1.44. The van der Waals surface area contributed by atoms with E-state index in [2.05, 4.69) is 20.9 Å². The molecule has 1 heterocycles. The molecule has 1 aromatic rings. The van der Waals surface area contributed by atoms with Crippen LogP contribution in [-0.2, 0) is 4.79 Å². The minimum absolute atomic E-state index is 0.484. The lowest BCUT2D eigenvalue weighted by molar-refractivity contribution is -0.139. The van der Waals surface area contributed by atoms with Gasteiger partial charge in [-0.1, -0.05) is 13.3 Å². The Bertz CT molecular complexity index is 366. The van der Waals surface area contributed by atoms with E-state index in [0.29, 0.717) is 12.1 Å². The third-order valence-electron chi connectivity index (χ3n) is 2.30. The van der Waals surface area contributed by atoms with Crippen molar-refractivity contribution >= 4 is 21.9 Å². The van der Waals surface area contributed by atoms with Crippen molar-refractivity contribution in [3.8, 4) is 0 Å². The maximum absolute atomic E-state index is 11.0. The van der Waals surface area contributed by atoms with Gasteiger partial charge in [0.05, 0.1) is 11.6 Å². The Kier molecular flexibility index (Phi) is 4.27. The molecule has 0 aliphatic carbocycles. The molecule has 0 aromatic carbocycles. The number of hydrogen-bond donors (Lipinski definition) is 1. The Hall–Kier alpha value is -0.900. The fourth-order valence-corrected chi connectivity index (χ4v) is 1.66. The van der Waals surface area contributed by atoms with E-state index in [0.717, 1.165) is 16.5 Å². The van der Waals surface area contributed by atoms with Gasteiger partial charge in [-0.3, -0.25) is 9.78 Å². The summed E-state index contributed by atoms with van der Waals surface area (Å²) in [5, 5.41) is 9.07. The minimum Gasteiger partial charge on any atom is -0.481 e. The average molecular weight is 272 g/mol. The predicted octanol–water partition coefficient (Wildman–Crippen LogP) is 3.12. The number of rotatable bonds is 4. The molecule has 1 rings (SSSR count). The van der Waals surface area contributed by atoms with Crippen LogP contribution in [0, 0.1) is 6.92 Å². The molecule has 1 atom stereocenters. The molecule has 0 spiro atoms. The zero-order valence-electron chi connectivity index (χ0n) is 8.83. The van der Waals surface area contributed by atoms with Crippen LogP contribution in [0.25, 0.3) is 0 Å². The molecule has 15 heavy (non-hydrogen) atoms. The molecule has 0 bridgehead atoms. The molecule has 0 aliphatic rings. The van der Waals surface area contributed by atoms with Gasteiger partial charge in [0.1, 0.15) is 0 Å². The van der Waals surface area contributed by atoms with Gasteiger partial charge in [0.2, 0.25) is 0 Å². The first kappa shape index (κ1) is 12.2. The lowest BCUT2D eigenvalue weighted by Crippen LogP contribution is -2.13. The topological polar surface area (TPSA) is 50.2 Å². The average Bonchev–Trinajstić information content (AvgIpc) is 2.18. The van der Waals surface area contributed by atoms with Gasteiger partial charge in [-0.25, -0.2) is 0 Å². The van der Waals surface area contributed by atoms with Crippen molar-refractivity contribution in [2.45, 2.75) is 32.6 Å². The number of aryl methyl sites for hydroxylation is 1. The van der Waals surface area contributed by atoms with Crippen molar-refractivity contribution in [1.29, 1.82) is 0 Å². The van der Waals surface area contributed by atoms with Crippen LogP contribution in [0.4, 0.5) is 0 Å². The highest BCUT2D eigenvalue weighted by Crippen LogP contribution is 2.23. The second kappa shape index (κ2) is 5.26. The SMILES string of the molecule is CCCC(C(=O)O)c1cc(C)c(Br)cn1. The maximum Gasteiger partial charge on any atom is 0.312 e. The molecule has 0 fully saturated rings. The normalized spacial score (nSPS) is 12.5. The third-order valence-corrected chi connectivity index (χ3v) is 3.13. The first-order valence-electron chi connectivity index (χ1n) is 4.91. The van der Waals surface area contributed by atoms with E-state index < -0.39 is 11.9 Å². The molecular weight excluding hydrogens is 258 g/mol. The Labute approximate surface area is 97.7 Å². The first-order chi connectivity index (χ1) is 7.06. The molecule has 0 radical (unpaired) electrons. The number of pyridine rings is 1. The van der Waals surface area contributed by atoms with Gasteiger partial charge in [-0.05, 0) is 40.9 Å². The summed E-state index contributed by atoms with van der Waals surface area (Å²) < 4.78 is 0.909. The summed E-state index contributed by atoms with van der Waals surface area (Å²) in [5.41, 5.74) is 1.66. The summed E-state index contributed by atoms with van der Waals surface area (Å²) >= 11 is 3.34. The highest BCUT2D eigenvalue weighted by Gasteiger charge is 2.20. The fraction of sp³-hybridized carbons (Fsp3) is 0.455. The van der Waals surface area contributed by atoms with Crippen molar-refractivity contribution in [2.75, 3.05) is 0 Å². The van der Waals surface area contributed by atoms with Crippen LogP contribution in [0.3, 0.4) is 0 Å². The molecular formula is C11H14BrNO2. The third kappa shape index (κ3) is 3.02. The Balaban J connectivity index is 3.01. The van der Waals surface area contributed by atoms with Crippen LogP contribution >= 0.6 is 15.9 Å². The summed E-state index contributed by atoms with van der Waals surface area (Å²) in [4.78, 5) is 15.2. The lowest BCUT2D eigenvalue weighted by Gasteiger charge is -2.11. The predicted molar refractivity (Wildman–Crippen MR) is 62.0 cm³/mol. The van der Waals surface area contributed by atoms with Crippen molar-refractivity contribution < 1.29 is 9.90 Å². The van der Waals surface area contributed by atoms with Crippen molar-refractivity contribution in [3.63, 3.8) is 0 Å². The van der Waals surface area contributed by atoms with Crippen LogP contribution < -0.4 is 0 Å². The van der Waals surface area contributed by atoms with Crippen LogP contribution in [0.15, 0.2) is 16.7 Å². The van der Waals surface area contributed by atoms with Crippen molar-refractivity contribution in [3.05, 3.63) is 28.0 Å². The summed E-state index contributed by atoms with van der Waals surface area (Å²) in [6.45, 7) is 3.90. The summed E-state index contributed by atoms with van der Waals surface area (Å²) in [7, 11) is 0. The van der Waals surface area contributed by atoms with Crippen LogP contribution in [0.1, 0.15) is 36.9 Å². The highest BCUT2D eigenvalue weighted by molar-refractivity contribution is 9.10. The summed E-state index contributed by atoms with van der Waals surface area (Å²) in [6, 6.07) is 1.83. The number of carboxylic acid groups (broad SMARTS) is 1. The molecule has 0 saturated heterocycles. The zero-order valence-corrected chi connectivity index (χ0v) is 10.4. The van der Waals surface area contributed by atoms with E-state index in [4.69, 9.17) is 5.11 Å². The van der Waals surface area contributed by atoms with Gasteiger partial charge >= 0.3 is 5.97 Å². The highest BCUT2D eigenvalue weighted by atomic mass is 79.9. The van der Waals surface area contributed by atoms with E-state index in [9.17, 15) is 4.79 Å². The number of nitrogens with zero attached hydrogens (tertiary/aromatic N) is 1. The van der Waals surface area contributed by atoms with Gasteiger partial charge in [0, 0.05) is 10.7 Å². The second-order valence-corrected chi connectivity index (χ2v) is 4.39. The molecule has 4 heteroatoms. The monoisotopic (exact) mass is 271 g/mol. The zero-order chi connectivity index (χ0) is 11.4. The van der Waals surface area contributed by atoms with Crippen molar-refractivity contribution in [1.82, 2.24) is 4.98 Å². The number of halogens is 1. The second-order valence-electron chi connectivity index (χ2n) is 3.54. The number of carboxylic acids is 1. The van der Waals surface area contributed by atoms with E-state index >= 15 is 0 Å². The van der Waals surface area contributed by atoms with E-state index in [1.54, 1.807) is 6.20 Å². The van der Waals surface area contributed by atoms with E-state index in [-0.39, 0.29) is 0 Å². The Morgan fingerprint density at radius 2 is 2.33 bits per heavy atom. The van der Waals surface area contributed by atoms with Crippen LogP contribution in [0.2, 0.25) is 0 Å². The van der Waals surface area contributed by atoms with Crippen LogP contribution in [0.5, 0.6) is 0 Å². The molecule has 0 aliphatic heterocycles. The van der Waals surface area contributed by atoms with Gasteiger partial charge in [-0.2, -0.15) is 0 Å². The van der Waals surface area contributed by atoms with Crippen LogP contribution in [-0.4, -0.2) is 16.1 Å². The quantitative estimate of drug-likeness (QED) is 0.916. The van der Waals surface area contributed by atoms with E-state index in [1.165, 1.54) is 0 Å². The standard InChI is InChI=1S/C11H14BrNO2/c1-3-4-8(11(14)15)10-5-7(2)9(12)6-13-10/h5-6,8H,3-4H2,1-2H3,(H,14,15). The number of hydrogen-bond acceptors (Lipinski definition) is 2. The molecule has 1 unspecified atom stereocenters. The Morgan fingerprint density at radius 1 is 1.67 bits per heavy atom. The van der Waals surface area contributed by atoms with Gasteiger partial charge in [0.25, 0.3) is 0 Å². The van der Waals surface area contributed by atoms with Crippen molar-refractivity contribution in [2.24, 2.45) is 0 Å². The smallest absolute Gasteiger partial charge is 0.312 e. The number of carbonyl (C=O) groups is 1. The molecule has 82 valence electrons. The molecule has 1 aromatic heterocycles. The van der Waals surface area contributed by atoms with Gasteiger partial charge < -0.3 is 5.11 Å². The maximum atomic E-state index is 11.0. The Morgan fingerprint density at radius 3 is 2.80 bits per heavy atom. The van der Waals surface area contributed by atoms with Gasteiger partial charge in [0.15, 0.2) is 0 Å². The molecule has 0 amide bonds. The summed E-state index contributed by atoms with van der Waals surface area (Å²) in [6.07, 6.45) is 3.13. The molecule has 3 nitrogen and oxygen atoms in total.